The van der Waals surface area contributed by atoms with Gasteiger partial charge >= 0.3 is 12.9 Å². The second-order valence-corrected chi connectivity index (χ2v) is 3.01. The minimum absolute atomic E-state index is 0.616. The zero-order valence-electron chi connectivity index (χ0n) is 8.71. The van der Waals surface area contributed by atoms with Crippen molar-refractivity contribution < 1.29 is 17.3 Å². The van der Waals surface area contributed by atoms with Crippen molar-refractivity contribution in [3.8, 4) is 0 Å². The van der Waals surface area contributed by atoms with Crippen molar-refractivity contribution >= 4 is 12.9 Å². The van der Waals surface area contributed by atoms with Gasteiger partial charge in [-0.1, -0.05) is 25.5 Å². The highest BCUT2D eigenvalue weighted by Crippen LogP contribution is 2.13. The summed E-state index contributed by atoms with van der Waals surface area (Å²) in [5.41, 5.74) is 1.91. The zero-order valence-corrected chi connectivity index (χ0v) is 8.71. The van der Waals surface area contributed by atoms with Gasteiger partial charge in [-0.25, -0.2) is 0 Å². The van der Waals surface area contributed by atoms with Crippen LogP contribution in [0.3, 0.4) is 0 Å². The molecule has 88 valence electrons. The molecular weight excluding hydrogens is 223 g/mol. The molecule has 0 amide bonds. The van der Waals surface area contributed by atoms with E-state index in [9.17, 15) is 17.3 Å². The van der Waals surface area contributed by atoms with Crippen LogP contribution in [0.1, 0.15) is 18.9 Å². The number of diazo groups is 1. The summed E-state index contributed by atoms with van der Waals surface area (Å²) < 4.78 is 39.0. The third kappa shape index (κ3) is 9.00. The second-order valence-electron chi connectivity index (χ2n) is 3.01. The predicted octanol–water partition coefficient (Wildman–Crippen LogP) is 4.42. The Morgan fingerprint density at radius 2 is 1.56 bits per heavy atom. The largest absolute Gasteiger partial charge is 0.673 e. The molecular formula is C9H11BF4N2. The molecule has 7 heteroatoms. The smallest absolute Gasteiger partial charge is 0.418 e. The monoisotopic (exact) mass is 234 g/mol. The van der Waals surface area contributed by atoms with Gasteiger partial charge < -0.3 is 17.3 Å². The number of benzene rings is 1. The normalized spacial score (nSPS) is 10.0. The summed E-state index contributed by atoms with van der Waals surface area (Å²) in [6, 6.07) is 7.59. The second kappa shape index (κ2) is 6.83. The molecule has 0 aliphatic heterocycles. The number of hydrogen-bond acceptors (Lipinski definition) is 1. The van der Waals surface area contributed by atoms with Crippen LogP contribution in [0.2, 0.25) is 0 Å². The zero-order chi connectivity index (χ0) is 12.6. The topological polar surface area (TPSA) is 28.1 Å². The molecule has 0 bridgehead atoms. The molecule has 1 rings (SSSR count). The van der Waals surface area contributed by atoms with Crippen LogP contribution in [-0.2, 0) is 6.42 Å². The first-order valence-corrected chi connectivity index (χ1v) is 4.68. The quantitative estimate of drug-likeness (QED) is 0.422. The number of halogens is 4. The average Bonchev–Trinajstić information content (AvgIpc) is 2.17. The van der Waals surface area contributed by atoms with Crippen LogP contribution in [0.5, 0.6) is 0 Å². The molecule has 1 aromatic carbocycles. The van der Waals surface area contributed by atoms with Crippen LogP contribution in [0.15, 0.2) is 24.3 Å². The minimum atomic E-state index is -6.00. The van der Waals surface area contributed by atoms with Crippen molar-refractivity contribution in [2.75, 3.05) is 0 Å². The highest BCUT2D eigenvalue weighted by molar-refractivity contribution is 6.50. The highest BCUT2D eigenvalue weighted by atomic mass is 19.5. The Hall–Kier alpha value is -1.58. The van der Waals surface area contributed by atoms with Crippen molar-refractivity contribution in [3.63, 3.8) is 0 Å². The Morgan fingerprint density at radius 1 is 1.12 bits per heavy atom. The molecule has 0 aromatic heterocycles. The van der Waals surface area contributed by atoms with Crippen LogP contribution < -0.4 is 0 Å². The van der Waals surface area contributed by atoms with Gasteiger partial charge in [-0.05, 0) is 12.0 Å². The lowest BCUT2D eigenvalue weighted by molar-refractivity contribution is 0.368. The summed E-state index contributed by atoms with van der Waals surface area (Å²) in [6.07, 6.45) is 2.24. The van der Waals surface area contributed by atoms with Gasteiger partial charge in [0.2, 0.25) is 5.39 Å². The fourth-order valence-corrected chi connectivity index (χ4v) is 1.02. The van der Waals surface area contributed by atoms with E-state index in [-0.39, 0.29) is 0 Å². The summed E-state index contributed by atoms with van der Waals surface area (Å²) in [4.78, 5) is 3.07. The first-order chi connectivity index (χ1) is 7.36. The van der Waals surface area contributed by atoms with Gasteiger partial charge in [0.25, 0.3) is 0 Å². The lowest BCUT2D eigenvalue weighted by Gasteiger charge is -1.94. The van der Waals surface area contributed by atoms with E-state index in [2.05, 4.69) is 11.9 Å². The molecule has 0 spiro atoms. The van der Waals surface area contributed by atoms with Crippen LogP contribution in [0.25, 0.3) is 4.98 Å². The first kappa shape index (κ1) is 14.4. The van der Waals surface area contributed by atoms with Crippen molar-refractivity contribution in [2.24, 2.45) is 0 Å². The molecule has 2 nitrogen and oxygen atoms in total. The molecule has 0 radical (unpaired) electrons. The number of hydrogen-bond donors (Lipinski definition) is 0. The van der Waals surface area contributed by atoms with Gasteiger partial charge in [-0.15, -0.1) is 0 Å². The fourth-order valence-electron chi connectivity index (χ4n) is 1.02. The Bertz CT molecular complexity index is 336. The summed E-state index contributed by atoms with van der Waals surface area (Å²) in [5, 5.41) is 8.38. The Labute approximate surface area is 91.0 Å². The van der Waals surface area contributed by atoms with Crippen molar-refractivity contribution in [1.82, 2.24) is 0 Å². The molecule has 0 heterocycles. The maximum absolute atomic E-state index is 9.75. The summed E-state index contributed by atoms with van der Waals surface area (Å²) in [5.74, 6) is 0. The Kier molecular flexibility index (Phi) is 6.15. The van der Waals surface area contributed by atoms with E-state index >= 15 is 0 Å². The molecule has 16 heavy (non-hydrogen) atoms. The van der Waals surface area contributed by atoms with Gasteiger partial charge in [0, 0.05) is 12.1 Å². The summed E-state index contributed by atoms with van der Waals surface area (Å²) >= 11 is 0. The molecule has 0 atom stereocenters. The minimum Gasteiger partial charge on any atom is -0.418 e. The van der Waals surface area contributed by atoms with Gasteiger partial charge in [0.1, 0.15) is 0 Å². The fraction of sp³-hybridized carbons (Fsp3) is 0.333. The van der Waals surface area contributed by atoms with Gasteiger partial charge in [-0.3, -0.25) is 0 Å². The summed E-state index contributed by atoms with van der Waals surface area (Å²) in [6.45, 7) is 2.14. The Morgan fingerprint density at radius 3 is 1.88 bits per heavy atom. The van der Waals surface area contributed by atoms with E-state index in [0.717, 1.165) is 12.8 Å². The van der Waals surface area contributed by atoms with Crippen LogP contribution in [0.4, 0.5) is 23.0 Å². The van der Waals surface area contributed by atoms with Crippen LogP contribution >= 0.6 is 0 Å². The molecule has 0 aliphatic carbocycles. The van der Waals surface area contributed by atoms with Crippen LogP contribution in [-0.4, -0.2) is 7.25 Å². The first-order valence-electron chi connectivity index (χ1n) is 4.68. The number of aryl methyl sites for hydroxylation is 1. The Balaban J connectivity index is 0.000000385. The SMILES string of the molecule is CCCc1ccc([N+]#N)cc1.F[B-](F)(F)F. The van der Waals surface area contributed by atoms with Crippen LogP contribution in [0, 0.1) is 5.39 Å². The molecule has 0 saturated carbocycles. The number of rotatable bonds is 2. The molecule has 0 saturated heterocycles. The third-order valence-electron chi connectivity index (χ3n) is 1.59. The van der Waals surface area contributed by atoms with Gasteiger partial charge in [0.05, 0.1) is 0 Å². The van der Waals surface area contributed by atoms with E-state index < -0.39 is 7.25 Å². The van der Waals surface area contributed by atoms with Crippen molar-refractivity contribution in [1.29, 1.82) is 5.39 Å². The van der Waals surface area contributed by atoms with E-state index in [1.54, 1.807) is 0 Å². The molecule has 0 unspecified atom stereocenters. The third-order valence-corrected chi connectivity index (χ3v) is 1.59. The van der Waals surface area contributed by atoms with E-state index in [1.165, 1.54) is 5.56 Å². The molecule has 0 N–H and O–H groups in total. The van der Waals surface area contributed by atoms with E-state index in [1.807, 2.05) is 24.3 Å². The molecule has 0 fully saturated rings. The highest BCUT2D eigenvalue weighted by Gasteiger charge is 2.20. The van der Waals surface area contributed by atoms with Gasteiger partial charge in [-0.2, -0.15) is 0 Å². The van der Waals surface area contributed by atoms with Gasteiger partial charge in [0.15, 0.2) is 4.98 Å². The molecule has 0 aliphatic rings. The molecule has 1 aromatic rings. The maximum Gasteiger partial charge on any atom is 0.673 e. The van der Waals surface area contributed by atoms with Crippen molar-refractivity contribution in [2.45, 2.75) is 19.8 Å². The lowest BCUT2D eigenvalue weighted by Crippen LogP contribution is -2.02. The average molecular weight is 234 g/mol. The van der Waals surface area contributed by atoms with Crippen molar-refractivity contribution in [3.05, 3.63) is 34.8 Å². The lowest BCUT2D eigenvalue weighted by atomic mass is 10.1. The predicted molar refractivity (Wildman–Crippen MR) is 55.4 cm³/mol. The van der Waals surface area contributed by atoms with E-state index in [4.69, 9.17) is 5.39 Å². The standard InChI is InChI=1S/C9H11N2.BF4/c1-2-3-8-4-6-9(11-10)7-5-8;2-1(3,4)5/h4-7H,2-3H2,1H3;/q+1;-1. The number of nitrogens with zero attached hydrogens (tertiary/aromatic N) is 2. The summed E-state index contributed by atoms with van der Waals surface area (Å²) in [7, 11) is -6.00. The maximum atomic E-state index is 9.75. The van der Waals surface area contributed by atoms with E-state index in [0.29, 0.717) is 5.69 Å².